The molecule has 0 spiro atoms. The summed E-state index contributed by atoms with van der Waals surface area (Å²) in [6.45, 7) is 11.8. The summed E-state index contributed by atoms with van der Waals surface area (Å²) < 4.78 is 16.1. The zero-order valence-electron chi connectivity index (χ0n) is 30.1. The van der Waals surface area contributed by atoms with Gasteiger partial charge in [0.25, 0.3) is 11.1 Å². The molecule has 0 bridgehead atoms. The number of nitrogens with zero attached hydrogens (tertiary/aromatic N) is 2. The molecule has 2 fully saturated rings. The number of benzene rings is 2. The fraction of sp³-hybridized carbons (Fsp3) is 0.550. The lowest BCUT2D eigenvalue weighted by Gasteiger charge is -2.52. The minimum absolute atomic E-state index is 0.0810. The van der Waals surface area contributed by atoms with Crippen LogP contribution in [-0.2, 0) is 14.1 Å². The SMILES string of the molecule is Cn1c(=O)c2c(c3ccccc31)OC(C)(C)[C@@H]1CC[C@@](C)(O)[C@H](Cl)[C@H]21.Cn1c(=O)c2c(c3ccccc31)OC(C)(C)[C@@H]1CC[C@@](C)(O)[C@H](Cl)[C@H]21. The molecule has 0 unspecified atom stereocenters. The number of aromatic nitrogens is 2. The molecule has 4 aromatic rings. The molecule has 2 aliphatic carbocycles. The standard InChI is InChI=1S/2C20H24ClNO3/c2*1-19(2)12-9-10-20(3,24)17(21)14(12)15-16(25-19)11-7-5-6-8-13(11)22(4)18(15)23/h2*5-8,12,14,17,24H,9-10H2,1-4H3/t2*12-,14+,17-,20-/m11/s1. The van der Waals surface area contributed by atoms with E-state index in [1.165, 1.54) is 0 Å². The highest BCUT2D eigenvalue weighted by Crippen LogP contribution is 2.57. The van der Waals surface area contributed by atoms with Crippen molar-refractivity contribution in [2.75, 3.05) is 0 Å². The average Bonchev–Trinajstić information content (AvgIpc) is 3.05. The Morgan fingerprint density at radius 2 is 0.980 bits per heavy atom. The van der Waals surface area contributed by atoms with E-state index in [9.17, 15) is 19.8 Å². The molecular formula is C40H48Cl2N2O6. The van der Waals surface area contributed by atoms with Crippen LogP contribution in [0, 0.1) is 11.8 Å². The van der Waals surface area contributed by atoms with Gasteiger partial charge in [-0.2, -0.15) is 0 Å². The number of pyridine rings is 2. The largest absolute Gasteiger partial charge is 0.486 e. The van der Waals surface area contributed by atoms with Crippen molar-refractivity contribution < 1.29 is 19.7 Å². The third kappa shape index (κ3) is 5.22. The molecule has 268 valence electrons. The lowest BCUT2D eigenvalue weighted by Crippen LogP contribution is -2.57. The first-order chi connectivity index (χ1) is 23.3. The Labute approximate surface area is 302 Å². The van der Waals surface area contributed by atoms with Crippen molar-refractivity contribution in [2.24, 2.45) is 25.9 Å². The van der Waals surface area contributed by atoms with Crippen LogP contribution < -0.4 is 20.6 Å². The number of aliphatic hydroxyl groups is 2. The molecule has 4 heterocycles. The van der Waals surface area contributed by atoms with Crippen molar-refractivity contribution in [1.29, 1.82) is 0 Å². The van der Waals surface area contributed by atoms with E-state index in [0.29, 0.717) is 35.5 Å². The Hall–Kier alpha value is -3.04. The van der Waals surface area contributed by atoms with E-state index in [4.69, 9.17) is 32.7 Å². The molecule has 8 nitrogen and oxygen atoms in total. The molecule has 2 N–H and O–H groups in total. The van der Waals surface area contributed by atoms with Crippen molar-refractivity contribution in [2.45, 2.75) is 112 Å². The quantitative estimate of drug-likeness (QED) is 0.188. The molecule has 8 rings (SSSR count). The monoisotopic (exact) mass is 722 g/mol. The number of hydrogen-bond acceptors (Lipinski definition) is 6. The van der Waals surface area contributed by atoms with Crippen LogP contribution in [0.5, 0.6) is 11.5 Å². The number of halogens is 2. The summed E-state index contributed by atoms with van der Waals surface area (Å²) in [7, 11) is 3.56. The van der Waals surface area contributed by atoms with E-state index >= 15 is 0 Å². The zero-order valence-corrected chi connectivity index (χ0v) is 31.6. The van der Waals surface area contributed by atoms with Gasteiger partial charge in [0.05, 0.1) is 44.1 Å². The first-order valence-electron chi connectivity index (χ1n) is 17.6. The number of rotatable bonds is 0. The fourth-order valence-electron chi connectivity index (χ4n) is 9.43. The molecule has 10 heteroatoms. The Bertz CT molecular complexity index is 1980. The van der Waals surface area contributed by atoms with Gasteiger partial charge in [-0.25, -0.2) is 0 Å². The first-order valence-corrected chi connectivity index (χ1v) is 18.5. The summed E-state index contributed by atoms with van der Waals surface area (Å²) in [6.07, 6.45) is 2.78. The number of alkyl halides is 2. The van der Waals surface area contributed by atoms with Gasteiger partial charge in [-0.1, -0.05) is 24.3 Å². The minimum atomic E-state index is -0.996. The summed E-state index contributed by atoms with van der Waals surface area (Å²) in [4.78, 5) is 26.4. The van der Waals surface area contributed by atoms with Crippen LogP contribution in [0.2, 0.25) is 0 Å². The Morgan fingerprint density at radius 1 is 0.640 bits per heavy atom. The summed E-state index contributed by atoms with van der Waals surface area (Å²) in [5.74, 6) is 0.995. The second kappa shape index (κ2) is 11.7. The Kier molecular flexibility index (Phi) is 8.30. The lowest BCUT2D eigenvalue weighted by molar-refractivity contribution is -0.0625. The lowest BCUT2D eigenvalue weighted by atomic mass is 9.62. The first kappa shape index (κ1) is 35.4. The second-order valence-electron chi connectivity index (χ2n) is 16.5. The van der Waals surface area contributed by atoms with E-state index in [-0.39, 0.29) is 34.8 Å². The summed E-state index contributed by atoms with van der Waals surface area (Å²) in [5.41, 5.74) is -0.134. The van der Waals surface area contributed by atoms with Crippen molar-refractivity contribution in [3.05, 3.63) is 80.4 Å². The number of aryl methyl sites for hydroxylation is 2. The predicted octanol–water partition coefficient (Wildman–Crippen LogP) is 7.12. The summed E-state index contributed by atoms with van der Waals surface area (Å²) in [5, 5.41) is 22.3. The van der Waals surface area contributed by atoms with Crippen molar-refractivity contribution in [1.82, 2.24) is 9.13 Å². The van der Waals surface area contributed by atoms with Crippen molar-refractivity contribution in [3.63, 3.8) is 0 Å². The number of para-hydroxylation sites is 2. The minimum Gasteiger partial charge on any atom is -0.486 e. The van der Waals surface area contributed by atoms with Crippen molar-refractivity contribution in [3.8, 4) is 11.5 Å². The Morgan fingerprint density at radius 3 is 1.34 bits per heavy atom. The third-order valence-corrected chi connectivity index (χ3v) is 13.9. The molecule has 0 amide bonds. The number of fused-ring (bicyclic) bond motifs is 10. The van der Waals surface area contributed by atoms with Gasteiger partial charge < -0.3 is 28.8 Å². The highest BCUT2D eigenvalue weighted by Gasteiger charge is 2.57. The number of hydrogen-bond donors (Lipinski definition) is 2. The molecule has 0 radical (unpaired) electrons. The maximum Gasteiger partial charge on any atom is 0.258 e. The van der Waals surface area contributed by atoms with E-state index in [2.05, 4.69) is 27.7 Å². The van der Waals surface area contributed by atoms with Gasteiger partial charge in [0.15, 0.2) is 0 Å². The van der Waals surface area contributed by atoms with Crippen LogP contribution in [0.1, 0.15) is 90.2 Å². The molecule has 4 aliphatic rings. The molecule has 2 aromatic carbocycles. The topological polar surface area (TPSA) is 103 Å². The van der Waals surface area contributed by atoms with E-state index in [0.717, 1.165) is 34.6 Å². The molecule has 8 atom stereocenters. The molecule has 50 heavy (non-hydrogen) atoms. The van der Waals surface area contributed by atoms with Crippen LogP contribution >= 0.6 is 23.2 Å². The molecule has 0 saturated heterocycles. The third-order valence-electron chi connectivity index (χ3n) is 12.4. The summed E-state index contributed by atoms with van der Waals surface area (Å²) >= 11 is 13.5. The van der Waals surface area contributed by atoms with Gasteiger partial charge in [-0.05, 0) is 91.5 Å². The second-order valence-corrected chi connectivity index (χ2v) is 17.5. The smallest absolute Gasteiger partial charge is 0.258 e. The normalized spacial score (nSPS) is 33.4. The van der Waals surface area contributed by atoms with Crippen LogP contribution in [0.4, 0.5) is 0 Å². The number of ether oxygens (including phenoxy) is 2. The van der Waals surface area contributed by atoms with Gasteiger partial charge >= 0.3 is 0 Å². The maximum absolute atomic E-state index is 13.2. The van der Waals surface area contributed by atoms with E-state index in [1.807, 2.05) is 48.5 Å². The van der Waals surface area contributed by atoms with E-state index in [1.54, 1.807) is 37.1 Å². The Balaban J connectivity index is 0.000000157. The van der Waals surface area contributed by atoms with Gasteiger partial charge in [0.1, 0.15) is 22.7 Å². The van der Waals surface area contributed by atoms with Crippen LogP contribution in [0.15, 0.2) is 58.1 Å². The zero-order chi connectivity index (χ0) is 36.3. The van der Waals surface area contributed by atoms with Crippen LogP contribution in [0.25, 0.3) is 21.8 Å². The maximum atomic E-state index is 13.2. The fourth-order valence-corrected chi connectivity index (χ4v) is 10.3. The van der Waals surface area contributed by atoms with Crippen LogP contribution in [0.3, 0.4) is 0 Å². The predicted molar refractivity (Wildman–Crippen MR) is 199 cm³/mol. The van der Waals surface area contributed by atoms with Gasteiger partial charge in [0.2, 0.25) is 0 Å². The molecule has 2 aliphatic heterocycles. The molecule has 2 saturated carbocycles. The average molecular weight is 724 g/mol. The van der Waals surface area contributed by atoms with Gasteiger partial charge in [-0.15, -0.1) is 23.2 Å². The summed E-state index contributed by atoms with van der Waals surface area (Å²) in [6, 6.07) is 15.5. The van der Waals surface area contributed by atoms with Crippen LogP contribution in [-0.4, -0.2) is 52.5 Å². The van der Waals surface area contributed by atoms with Gasteiger partial charge in [-0.3, -0.25) is 9.59 Å². The van der Waals surface area contributed by atoms with Gasteiger partial charge in [0, 0.05) is 48.5 Å². The van der Waals surface area contributed by atoms with Crippen molar-refractivity contribution >= 4 is 45.0 Å². The molecular weight excluding hydrogens is 675 g/mol. The highest BCUT2D eigenvalue weighted by atomic mass is 35.5. The highest BCUT2D eigenvalue weighted by molar-refractivity contribution is 6.22. The van der Waals surface area contributed by atoms with E-state index < -0.39 is 33.2 Å². The molecule has 2 aromatic heterocycles.